The number of nitrogens with zero attached hydrogens (tertiary/aromatic N) is 2. The highest BCUT2D eigenvalue weighted by molar-refractivity contribution is 5.45. The molecule has 0 unspecified atom stereocenters. The molecule has 0 N–H and O–H groups in total. The summed E-state index contributed by atoms with van der Waals surface area (Å²) in [5.74, 6) is 0. The first kappa shape index (κ1) is 8.92. The van der Waals surface area contributed by atoms with Gasteiger partial charge in [-0.3, -0.25) is 0 Å². The molecule has 0 bridgehead atoms. The first-order valence-corrected chi connectivity index (χ1v) is 5.45. The third-order valence-electron chi connectivity index (χ3n) is 2.99. The van der Waals surface area contributed by atoms with Crippen molar-refractivity contribution < 1.29 is 4.74 Å². The predicted molar refractivity (Wildman–Crippen MR) is 57.9 cm³/mol. The fraction of sp³-hybridized carbons (Fsp3) is 0.417. The van der Waals surface area contributed by atoms with Crippen LogP contribution in [0.3, 0.4) is 0 Å². The van der Waals surface area contributed by atoms with Crippen molar-refractivity contribution in [2.45, 2.75) is 26.4 Å². The molecule has 3 heteroatoms. The Morgan fingerprint density at radius 3 is 3.27 bits per heavy atom. The van der Waals surface area contributed by atoms with Gasteiger partial charge < -0.3 is 9.14 Å². The predicted octanol–water partition coefficient (Wildman–Crippen LogP) is 1.97. The number of pyridine rings is 1. The van der Waals surface area contributed by atoms with E-state index < -0.39 is 0 Å². The van der Waals surface area contributed by atoms with Crippen LogP contribution in [0, 0.1) is 0 Å². The zero-order chi connectivity index (χ0) is 10.3. The quantitative estimate of drug-likeness (QED) is 0.706. The molecule has 0 radical (unpaired) electrons. The van der Waals surface area contributed by atoms with Crippen molar-refractivity contribution in [3.8, 4) is 0 Å². The summed E-state index contributed by atoms with van der Waals surface area (Å²) in [6.45, 7) is 3.66. The van der Waals surface area contributed by atoms with Crippen LogP contribution >= 0.6 is 0 Å². The summed E-state index contributed by atoms with van der Waals surface area (Å²) in [5.41, 5.74) is 4.83. The Labute approximate surface area is 88.7 Å². The largest absolute Gasteiger partial charge is 0.375 e. The van der Waals surface area contributed by atoms with Gasteiger partial charge in [-0.05, 0) is 18.1 Å². The van der Waals surface area contributed by atoms with Gasteiger partial charge in [-0.15, -0.1) is 0 Å². The maximum absolute atomic E-state index is 5.41. The number of ether oxygens (including phenoxy) is 1. The highest BCUT2D eigenvalue weighted by Crippen LogP contribution is 2.19. The van der Waals surface area contributed by atoms with Crippen LogP contribution in [0.1, 0.15) is 23.9 Å². The summed E-state index contributed by atoms with van der Waals surface area (Å²) in [7, 11) is 0. The van der Waals surface area contributed by atoms with Gasteiger partial charge in [0.25, 0.3) is 0 Å². The number of hydrogen-bond donors (Lipinski definition) is 0. The maximum atomic E-state index is 5.41. The Hall–Kier alpha value is -1.35. The number of aromatic nitrogens is 2. The molecule has 15 heavy (non-hydrogen) atoms. The van der Waals surface area contributed by atoms with E-state index in [1.165, 1.54) is 11.3 Å². The van der Waals surface area contributed by atoms with Crippen LogP contribution in [-0.4, -0.2) is 16.0 Å². The van der Waals surface area contributed by atoms with E-state index in [2.05, 4.69) is 34.6 Å². The second-order valence-electron chi connectivity index (χ2n) is 3.93. The highest BCUT2D eigenvalue weighted by Gasteiger charge is 2.15. The Kier molecular flexibility index (Phi) is 1.99. The third kappa shape index (κ3) is 1.35. The molecule has 78 valence electrons. The Bertz CT molecular complexity index is 502. The van der Waals surface area contributed by atoms with Gasteiger partial charge in [0.15, 0.2) is 0 Å². The van der Waals surface area contributed by atoms with Gasteiger partial charge in [0.1, 0.15) is 5.65 Å². The summed E-state index contributed by atoms with van der Waals surface area (Å²) in [4.78, 5) is 4.57. The van der Waals surface area contributed by atoms with Crippen molar-refractivity contribution in [1.29, 1.82) is 0 Å². The molecule has 0 amide bonds. The maximum Gasteiger partial charge on any atom is 0.137 e. The normalized spacial score (nSPS) is 15.5. The molecule has 1 aliphatic heterocycles. The molecule has 0 atom stereocenters. The fourth-order valence-corrected chi connectivity index (χ4v) is 2.11. The molecule has 2 aromatic heterocycles. The number of hydrogen-bond acceptors (Lipinski definition) is 2. The average molecular weight is 202 g/mol. The van der Waals surface area contributed by atoms with Gasteiger partial charge in [-0.25, -0.2) is 4.98 Å². The lowest BCUT2D eigenvalue weighted by molar-refractivity contribution is 0.107. The van der Waals surface area contributed by atoms with Crippen LogP contribution in [0.25, 0.3) is 5.65 Å². The van der Waals surface area contributed by atoms with Gasteiger partial charge in [0, 0.05) is 12.6 Å². The Morgan fingerprint density at radius 1 is 1.47 bits per heavy atom. The lowest BCUT2D eigenvalue weighted by Crippen LogP contribution is -2.10. The van der Waals surface area contributed by atoms with E-state index in [0.29, 0.717) is 6.61 Å². The Balaban J connectivity index is 2.24. The molecular weight excluding hydrogens is 188 g/mol. The monoisotopic (exact) mass is 202 g/mol. The molecule has 2 aromatic rings. The van der Waals surface area contributed by atoms with Gasteiger partial charge >= 0.3 is 0 Å². The minimum absolute atomic E-state index is 0.665. The van der Waals surface area contributed by atoms with Crippen LogP contribution in [0.15, 0.2) is 18.3 Å². The highest BCUT2D eigenvalue weighted by atomic mass is 16.5. The second kappa shape index (κ2) is 3.35. The van der Waals surface area contributed by atoms with Gasteiger partial charge in [0.2, 0.25) is 0 Å². The summed E-state index contributed by atoms with van der Waals surface area (Å²) >= 11 is 0. The summed E-state index contributed by atoms with van der Waals surface area (Å²) in [6, 6.07) is 4.24. The summed E-state index contributed by atoms with van der Waals surface area (Å²) in [6.07, 6.45) is 4.25. The van der Waals surface area contributed by atoms with Gasteiger partial charge in [-0.1, -0.05) is 13.0 Å². The van der Waals surface area contributed by atoms with Crippen LogP contribution in [0.4, 0.5) is 0 Å². The van der Waals surface area contributed by atoms with Gasteiger partial charge in [0.05, 0.1) is 24.6 Å². The van der Waals surface area contributed by atoms with Crippen molar-refractivity contribution in [1.82, 2.24) is 9.38 Å². The zero-order valence-corrected chi connectivity index (χ0v) is 8.86. The molecule has 3 nitrogen and oxygen atoms in total. The van der Waals surface area contributed by atoms with Crippen molar-refractivity contribution in [2.24, 2.45) is 0 Å². The third-order valence-corrected chi connectivity index (χ3v) is 2.99. The van der Waals surface area contributed by atoms with Crippen LogP contribution in [-0.2, 0) is 24.2 Å². The molecule has 0 saturated carbocycles. The molecule has 0 fully saturated rings. The number of imidazole rings is 1. The van der Waals surface area contributed by atoms with E-state index in [4.69, 9.17) is 4.74 Å². The van der Waals surface area contributed by atoms with E-state index >= 15 is 0 Å². The molecule has 3 rings (SSSR count). The molecule has 0 saturated heterocycles. The lowest BCUT2D eigenvalue weighted by atomic mass is 10.2. The number of aryl methyl sites for hydroxylation is 1. The fourth-order valence-electron chi connectivity index (χ4n) is 2.11. The minimum atomic E-state index is 0.665. The lowest BCUT2D eigenvalue weighted by Gasteiger charge is -2.11. The van der Waals surface area contributed by atoms with Crippen molar-refractivity contribution >= 4 is 5.65 Å². The first-order chi connectivity index (χ1) is 7.38. The molecule has 0 spiro atoms. The Morgan fingerprint density at radius 2 is 2.40 bits per heavy atom. The van der Waals surface area contributed by atoms with E-state index in [9.17, 15) is 0 Å². The van der Waals surface area contributed by atoms with Crippen molar-refractivity contribution in [3.05, 3.63) is 35.3 Å². The number of fused-ring (bicyclic) bond motifs is 3. The van der Waals surface area contributed by atoms with Crippen LogP contribution in [0.5, 0.6) is 0 Å². The second-order valence-corrected chi connectivity index (χ2v) is 3.93. The van der Waals surface area contributed by atoms with Crippen molar-refractivity contribution in [2.75, 3.05) is 6.61 Å². The van der Waals surface area contributed by atoms with Crippen LogP contribution < -0.4 is 0 Å². The van der Waals surface area contributed by atoms with E-state index in [1.807, 2.05) is 0 Å². The van der Waals surface area contributed by atoms with Crippen molar-refractivity contribution in [3.63, 3.8) is 0 Å². The molecule has 0 aliphatic carbocycles. The van der Waals surface area contributed by atoms with E-state index in [-0.39, 0.29) is 0 Å². The topological polar surface area (TPSA) is 26.5 Å². The molecule has 1 aliphatic rings. The standard InChI is InChI=1S/C12H14N2O/c1-2-9-3-4-12-13-10-8-15-6-5-11(10)14(12)7-9/h3-4,7H,2,5-6,8H2,1H3. The average Bonchev–Trinajstić information content (AvgIpc) is 2.66. The summed E-state index contributed by atoms with van der Waals surface area (Å²) in [5, 5.41) is 0. The van der Waals surface area contributed by atoms with Gasteiger partial charge in [-0.2, -0.15) is 0 Å². The van der Waals surface area contributed by atoms with Crippen LogP contribution in [0.2, 0.25) is 0 Å². The minimum Gasteiger partial charge on any atom is -0.375 e. The molecule has 3 heterocycles. The zero-order valence-electron chi connectivity index (χ0n) is 8.86. The SMILES string of the molecule is CCc1ccc2nc3c(n2c1)CCOC3. The van der Waals surface area contributed by atoms with E-state index in [0.717, 1.165) is 30.8 Å². The molecule has 0 aromatic carbocycles. The van der Waals surface area contributed by atoms with E-state index in [1.54, 1.807) is 0 Å². The summed E-state index contributed by atoms with van der Waals surface area (Å²) < 4.78 is 7.63. The number of rotatable bonds is 1. The molecular formula is C12H14N2O. The first-order valence-electron chi connectivity index (χ1n) is 5.45. The smallest absolute Gasteiger partial charge is 0.137 e.